The lowest BCUT2D eigenvalue weighted by Crippen LogP contribution is -2.27. The number of carbonyl (C=O) groups is 1. The molecular formula is C12H17NO3. The lowest BCUT2D eigenvalue weighted by Gasteiger charge is -2.07. The van der Waals surface area contributed by atoms with E-state index < -0.39 is 0 Å². The van der Waals surface area contributed by atoms with Crippen molar-refractivity contribution in [3.63, 3.8) is 0 Å². The van der Waals surface area contributed by atoms with Crippen molar-refractivity contribution in [3.8, 4) is 0 Å². The SMILES string of the molecule is Cc1ccccc1CNC(=O)COCCO. The molecule has 0 aliphatic heterocycles. The lowest BCUT2D eigenvalue weighted by molar-refractivity contribution is -0.126. The predicted molar refractivity (Wildman–Crippen MR) is 60.9 cm³/mol. The van der Waals surface area contributed by atoms with Gasteiger partial charge in [-0.05, 0) is 18.1 Å². The van der Waals surface area contributed by atoms with Crippen molar-refractivity contribution >= 4 is 5.91 Å². The number of aryl methyl sites for hydroxylation is 1. The average Bonchev–Trinajstić information content (AvgIpc) is 2.28. The molecule has 0 saturated heterocycles. The van der Waals surface area contributed by atoms with Crippen LogP contribution in [-0.4, -0.2) is 30.8 Å². The predicted octanol–water partition coefficient (Wildman–Crippen LogP) is 0.620. The number of amides is 1. The van der Waals surface area contributed by atoms with Gasteiger partial charge in [-0.25, -0.2) is 0 Å². The number of ether oxygens (including phenoxy) is 1. The summed E-state index contributed by atoms with van der Waals surface area (Å²) in [6.45, 7) is 2.63. The molecule has 0 radical (unpaired) electrons. The summed E-state index contributed by atoms with van der Waals surface area (Å²) in [7, 11) is 0. The van der Waals surface area contributed by atoms with Crippen LogP contribution in [0.15, 0.2) is 24.3 Å². The zero-order chi connectivity index (χ0) is 11.8. The van der Waals surface area contributed by atoms with Gasteiger partial charge in [-0.1, -0.05) is 24.3 Å². The van der Waals surface area contributed by atoms with Crippen LogP contribution >= 0.6 is 0 Å². The molecule has 88 valence electrons. The molecule has 1 aromatic carbocycles. The number of hydrogen-bond donors (Lipinski definition) is 2. The molecular weight excluding hydrogens is 206 g/mol. The summed E-state index contributed by atoms with van der Waals surface area (Å²) in [4.78, 5) is 11.3. The highest BCUT2D eigenvalue weighted by Crippen LogP contribution is 2.05. The molecule has 0 spiro atoms. The first-order chi connectivity index (χ1) is 7.74. The third-order valence-electron chi connectivity index (χ3n) is 2.21. The molecule has 0 heterocycles. The second kappa shape index (κ2) is 6.98. The standard InChI is InChI=1S/C12H17NO3/c1-10-4-2-3-5-11(10)8-13-12(15)9-16-7-6-14/h2-5,14H,6-9H2,1H3,(H,13,15). The maximum atomic E-state index is 11.3. The van der Waals surface area contributed by atoms with Gasteiger partial charge in [0.25, 0.3) is 0 Å². The molecule has 2 N–H and O–H groups in total. The normalized spacial score (nSPS) is 10.1. The first kappa shape index (κ1) is 12.7. The summed E-state index contributed by atoms with van der Waals surface area (Å²) in [5.41, 5.74) is 2.25. The van der Waals surface area contributed by atoms with E-state index in [2.05, 4.69) is 5.32 Å². The van der Waals surface area contributed by atoms with Gasteiger partial charge < -0.3 is 15.2 Å². The minimum absolute atomic E-state index is 0.00750. The van der Waals surface area contributed by atoms with Crippen molar-refractivity contribution in [2.75, 3.05) is 19.8 Å². The molecule has 0 bridgehead atoms. The number of nitrogens with one attached hydrogen (secondary N) is 1. The Bertz CT molecular complexity index is 339. The molecule has 0 aromatic heterocycles. The Morgan fingerprint density at radius 3 is 2.88 bits per heavy atom. The highest BCUT2D eigenvalue weighted by atomic mass is 16.5. The third-order valence-corrected chi connectivity index (χ3v) is 2.21. The van der Waals surface area contributed by atoms with Crippen molar-refractivity contribution in [3.05, 3.63) is 35.4 Å². The van der Waals surface area contributed by atoms with E-state index in [9.17, 15) is 4.79 Å². The summed E-state index contributed by atoms with van der Waals surface area (Å²) in [5, 5.41) is 11.2. The Morgan fingerprint density at radius 1 is 1.44 bits per heavy atom. The molecule has 0 aliphatic rings. The highest BCUT2D eigenvalue weighted by molar-refractivity contribution is 5.77. The average molecular weight is 223 g/mol. The van der Waals surface area contributed by atoms with Crippen LogP contribution in [0.25, 0.3) is 0 Å². The highest BCUT2D eigenvalue weighted by Gasteiger charge is 2.02. The van der Waals surface area contributed by atoms with Gasteiger partial charge in [-0.3, -0.25) is 4.79 Å². The minimum atomic E-state index is -0.170. The molecule has 16 heavy (non-hydrogen) atoms. The van der Waals surface area contributed by atoms with E-state index in [0.717, 1.165) is 11.1 Å². The number of benzene rings is 1. The largest absolute Gasteiger partial charge is 0.394 e. The zero-order valence-electron chi connectivity index (χ0n) is 9.40. The van der Waals surface area contributed by atoms with Crippen LogP contribution in [0, 0.1) is 6.92 Å². The summed E-state index contributed by atoms with van der Waals surface area (Å²) in [6.07, 6.45) is 0. The van der Waals surface area contributed by atoms with Gasteiger partial charge in [0.05, 0.1) is 13.2 Å². The molecule has 4 heteroatoms. The van der Waals surface area contributed by atoms with E-state index in [1.54, 1.807) is 0 Å². The summed E-state index contributed by atoms with van der Waals surface area (Å²) >= 11 is 0. The zero-order valence-corrected chi connectivity index (χ0v) is 9.40. The van der Waals surface area contributed by atoms with Crippen LogP contribution in [0.1, 0.15) is 11.1 Å². The third kappa shape index (κ3) is 4.42. The van der Waals surface area contributed by atoms with Crippen LogP contribution in [0.3, 0.4) is 0 Å². The van der Waals surface area contributed by atoms with Crippen molar-refractivity contribution in [2.45, 2.75) is 13.5 Å². The summed E-state index contributed by atoms with van der Waals surface area (Å²) in [5.74, 6) is -0.170. The molecule has 0 aliphatic carbocycles. The second-order valence-electron chi connectivity index (χ2n) is 3.48. The topological polar surface area (TPSA) is 58.6 Å². The van der Waals surface area contributed by atoms with E-state index in [4.69, 9.17) is 9.84 Å². The maximum Gasteiger partial charge on any atom is 0.246 e. The van der Waals surface area contributed by atoms with Gasteiger partial charge in [0.2, 0.25) is 5.91 Å². The van der Waals surface area contributed by atoms with Gasteiger partial charge >= 0.3 is 0 Å². The fourth-order valence-electron chi connectivity index (χ4n) is 1.28. The molecule has 1 aromatic rings. The maximum absolute atomic E-state index is 11.3. The Labute approximate surface area is 95.2 Å². The number of aliphatic hydroxyl groups excluding tert-OH is 1. The van der Waals surface area contributed by atoms with Crippen LogP contribution in [0.5, 0.6) is 0 Å². The Morgan fingerprint density at radius 2 is 2.19 bits per heavy atom. The Balaban J connectivity index is 2.29. The number of aliphatic hydroxyl groups is 1. The summed E-state index contributed by atoms with van der Waals surface area (Å²) in [6, 6.07) is 7.88. The fourth-order valence-corrected chi connectivity index (χ4v) is 1.28. The van der Waals surface area contributed by atoms with Gasteiger partial charge in [-0.15, -0.1) is 0 Å². The van der Waals surface area contributed by atoms with Crippen LogP contribution < -0.4 is 5.32 Å². The van der Waals surface area contributed by atoms with Gasteiger partial charge in [0.1, 0.15) is 6.61 Å². The molecule has 1 rings (SSSR count). The number of rotatable bonds is 6. The fraction of sp³-hybridized carbons (Fsp3) is 0.417. The van der Waals surface area contributed by atoms with Crippen molar-refractivity contribution in [1.82, 2.24) is 5.32 Å². The van der Waals surface area contributed by atoms with Crippen LogP contribution in [0.2, 0.25) is 0 Å². The van der Waals surface area contributed by atoms with E-state index in [-0.39, 0.29) is 25.7 Å². The first-order valence-corrected chi connectivity index (χ1v) is 5.24. The minimum Gasteiger partial charge on any atom is -0.394 e. The van der Waals surface area contributed by atoms with Crippen molar-refractivity contribution in [1.29, 1.82) is 0 Å². The van der Waals surface area contributed by atoms with Gasteiger partial charge in [0, 0.05) is 6.54 Å². The van der Waals surface area contributed by atoms with E-state index in [0.29, 0.717) is 6.54 Å². The molecule has 0 saturated carbocycles. The van der Waals surface area contributed by atoms with Crippen molar-refractivity contribution < 1.29 is 14.6 Å². The van der Waals surface area contributed by atoms with Crippen molar-refractivity contribution in [2.24, 2.45) is 0 Å². The van der Waals surface area contributed by atoms with E-state index in [1.165, 1.54) is 0 Å². The molecule has 0 unspecified atom stereocenters. The molecule has 0 atom stereocenters. The lowest BCUT2D eigenvalue weighted by atomic mass is 10.1. The van der Waals surface area contributed by atoms with Gasteiger partial charge in [-0.2, -0.15) is 0 Å². The van der Waals surface area contributed by atoms with Crippen LogP contribution in [0.4, 0.5) is 0 Å². The number of hydrogen-bond acceptors (Lipinski definition) is 3. The first-order valence-electron chi connectivity index (χ1n) is 5.24. The Kier molecular flexibility index (Phi) is 5.53. The molecule has 0 fully saturated rings. The number of carbonyl (C=O) groups excluding carboxylic acids is 1. The van der Waals surface area contributed by atoms with E-state index >= 15 is 0 Å². The quantitative estimate of drug-likeness (QED) is 0.695. The monoisotopic (exact) mass is 223 g/mol. The van der Waals surface area contributed by atoms with Crippen LogP contribution in [-0.2, 0) is 16.1 Å². The van der Waals surface area contributed by atoms with Gasteiger partial charge in [0.15, 0.2) is 0 Å². The second-order valence-corrected chi connectivity index (χ2v) is 3.48. The summed E-state index contributed by atoms with van der Waals surface area (Å²) < 4.78 is 4.90. The smallest absolute Gasteiger partial charge is 0.246 e. The van der Waals surface area contributed by atoms with E-state index in [1.807, 2.05) is 31.2 Å². The Hall–Kier alpha value is -1.39. The molecule has 1 amide bonds. The molecule has 4 nitrogen and oxygen atoms in total.